The van der Waals surface area contributed by atoms with Gasteiger partial charge < -0.3 is 23.5 Å². The van der Waals surface area contributed by atoms with Crippen molar-refractivity contribution in [1.29, 1.82) is 0 Å². The summed E-state index contributed by atoms with van der Waals surface area (Å²) in [6.07, 6.45) is -3.13. The van der Waals surface area contributed by atoms with Crippen LogP contribution >= 0.6 is 0 Å². The van der Waals surface area contributed by atoms with Crippen LogP contribution in [-0.4, -0.2) is 52.4 Å². The SMILES string of the molecule is CCn1cc([C@@H]2O[C@H](COC(C)=O)[C@@H](OC(C)=O)[C@H]2OC(C)=O)c(=O)[nH]c1=O. The van der Waals surface area contributed by atoms with Crippen LogP contribution in [0.25, 0.3) is 0 Å². The molecule has 1 N–H and O–H groups in total. The maximum absolute atomic E-state index is 12.3. The van der Waals surface area contributed by atoms with Crippen molar-refractivity contribution in [1.82, 2.24) is 9.55 Å². The third-order valence-electron chi connectivity index (χ3n) is 4.05. The molecule has 0 aliphatic carbocycles. The molecule has 4 atom stereocenters. The molecule has 1 aliphatic rings. The molecule has 2 rings (SSSR count). The van der Waals surface area contributed by atoms with E-state index in [1.807, 2.05) is 0 Å². The van der Waals surface area contributed by atoms with Gasteiger partial charge in [0, 0.05) is 33.5 Å². The molecule has 0 aromatic carbocycles. The number of hydrogen-bond donors (Lipinski definition) is 1. The van der Waals surface area contributed by atoms with Gasteiger partial charge in [-0.15, -0.1) is 0 Å². The molecular formula is C17H22N2O9. The fraction of sp³-hybridized carbons (Fsp3) is 0.588. The van der Waals surface area contributed by atoms with Gasteiger partial charge in [-0.05, 0) is 6.92 Å². The van der Waals surface area contributed by atoms with Crippen LogP contribution in [0.4, 0.5) is 0 Å². The summed E-state index contributed by atoms with van der Waals surface area (Å²) in [5.41, 5.74) is -1.33. The lowest BCUT2D eigenvalue weighted by atomic mass is 10.0. The average molecular weight is 398 g/mol. The maximum atomic E-state index is 12.3. The zero-order valence-corrected chi connectivity index (χ0v) is 15.9. The number of H-pyrrole nitrogens is 1. The maximum Gasteiger partial charge on any atom is 0.328 e. The number of nitrogens with one attached hydrogen (secondary N) is 1. The van der Waals surface area contributed by atoms with E-state index in [0.717, 1.165) is 13.8 Å². The molecule has 11 heteroatoms. The van der Waals surface area contributed by atoms with Crippen LogP contribution < -0.4 is 11.2 Å². The molecule has 0 unspecified atom stereocenters. The van der Waals surface area contributed by atoms with Gasteiger partial charge in [0.15, 0.2) is 12.2 Å². The lowest BCUT2D eigenvalue weighted by Crippen LogP contribution is -2.41. The standard InChI is InChI=1S/C17H22N2O9/c1-5-19-6-11(16(23)18-17(19)24)13-15(27-10(4)22)14(26-9(3)21)12(28-13)7-25-8(2)20/h6,12-15H,5,7H2,1-4H3,(H,18,23,24)/t12-,13+,14-,15+/m1/s1. The summed E-state index contributed by atoms with van der Waals surface area (Å²) in [6, 6.07) is 0. The van der Waals surface area contributed by atoms with E-state index >= 15 is 0 Å². The van der Waals surface area contributed by atoms with Crippen molar-refractivity contribution in [2.75, 3.05) is 6.61 Å². The Morgan fingerprint density at radius 1 is 1.07 bits per heavy atom. The van der Waals surface area contributed by atoms with E-state index in [0.29, 0.717) is 0 Å². The fourth-order valence-electron chi connectivity index (χ4n) is 2.93. The van der Waals surface area contributed by atoms with Crippen LogP contribution in [0.2, 0.25) is 0 Å². The highest BCUT2D eigenvalue weighted by molar-refractivity contribution is 5.68. The van der Waals surface area contributed by atoms with Crippen molar-refractivity contribution < 1.29 is 33.3 Å². The molecule has 0 bridgehead atoms. The quantitative estimate of drug-likeness (QED) is 0.492. The van der Waals surface area contributed by atoms with Crippen molar-refractivity contribution in [3.05, 3.63) is 32.6 Å². The smallest absolute Gasteiger partial charge is 0.328 e. The number of ether oxygens (including phenoxy) is 4. The Morgan fingerprint density at radius 3 is 2.21 bits per heavy atom. The molecule has 11 nitrogen and oxygen atoms in total. The zero-order valence-electron chi connectivity index (χ0n) is 15.9. The topological polar surface area (TPSA) is 143 Å². The Morgan fingerprint density at radius 2 is 1.68 bits per heavy atom. The Bertz CT molecular complexity index is 872. The van der Waals surface area contributed by atoms with Crippen molar-refractivity contribution in [3.63, 3.8) is 0 Å². The summed E-state index contributed by atoms with van der Waals surface area (Å²) in [7, 11) is 0. The molecule has 0 amide bonds. The predicted molar refractivity (Wildman–Crippen MR) is 92.4 cm³/mol. The van der Waals surface area contributed by atoms with Gasteiger partial charge in [0.1, 0.15) is 18.8 Å². The molecule has 0 radical (unpaired) electrons. The van der Waals surface area contributed by atoms with E-state index < -0.39 is 53.6 Å². The van der Waals surface area contributed by atoms with Gasteiger partial charge in [-0.2, -0.15) is 0 Å². The van der Waals surface area contributed by atoms with Gasteiger partial charge >= 0.3 is 23.6 Å². The van der Waals surface area contributed by atoms with Crippen LogP contribution in [0.1, 0.15) is 39.4 Å². The first kappa shape index (κ1) is 21.4. The molecule has 1 fully saturated rings. The van der Waals surface area contributed by atoms with Crippen molar-refractivity contribution in [2.24, 2.45) is 0 Å². The van der Waals surface area contributed by atoms with Crippen molar-refractivity contribution in [3.8, 4) is 0 Å². The van der Waals surface area contributed by atoms with Crippen LogP contribution in [0.3, 0.4) is 0 Å². The summed E-state index contributed by atoms with van der Waals surface area (Å²) in [4.78, 5) is 60.6. The van der Waals surface area contributed by atoms with E-state index in [4.69, 9.17) is 18.9 Å². The molecule has 1 aromatic heterocycles. The normalized spacial score (nSPS) is 23.9. The third-order valence-corrected chi connectivity index (χ3v) is 4.05. The minimum absolute atomic E-state index is 0.00942. The van der Waals surface area contributed by atoms with E-state index in [-0.39, 0.29) is 18.7 Å². The summed E-state index contributed by atoms with van der Waals surface area (Å²) in [6.45, 7) is 5.20. The van der Waals surface area contributed by atoms with Gasteiger partial charge in [-0.1, -0.05) is 0 Å². The number of carbonyl (C=O) groups excluding carboxylic acids is 3. The molecule has 0 saturated carbocycles. The van der Waals surface area contributed by atoms with Crippen molar-refractivity contribution >= 4 is 17.9 Å². The first-order valence-electron chi connectivity index (χ1n) is 8.61. The second-order valence-electron chi connectivity index (χ2n) is 6.18. The summed E-state index contributed by atoms with van der Waals surface area (Å²) in [5.74, 6) is -1.95. The van der Waals surface area contributed by atoms with Gasteiger partial charge in [0.25, 0.3) is 5.56 Å². The first-order chi connectivity index (χ1) is 13.1. The molecular weight excluding hydrogens is 376 g/mol. The van der Waals surface area contributed by atoms with E-state index in [1.165, 1.54) is 17.7 Å². The lowest BCUT2D eigenvalue weighted by molar-refractivity contribution is -0.165. The van der Waals surface area contributed by atoms with Crippen LogP contribution in [0.15, 0.2) is 15.8 Å². The number of esters is 3. The minimum Gasteiger partial charge on any atom is -0.463 e. The van der Waals surface area contributed by atoms with Crippen LogP contribution in [0.5, 0.6) is 0 Å². The largest absolute Gasteiger partial charge is 0.463 e. The van der Waals surface area contributed by atoms with Crippen LogP contribution in [0, 0.1) is 0 Å². The average Bonchev–Trinajstić information content (AvgIpc) is 2.89. The van der Waals surface area contributed by atoms with Crippen LogP contribution in [-0.2, 0) is 39.9 Å². The van der Waals surface area contributed by atoms with Gasteiger partial charge in [-0.25, -0.2) is 4.79 Å². The number of hydrogen-bond acceptors (Lipinski definition) is 9. The highest BCUT2D eigenvalue weighted by atomic mass is 16.6. The summed E-state index contributed by atoms with van der Waals surface area (Å²) >= 11 is 0. The number of nitrogens with zero attached hydrogens (tertiary/aromatic N) is 1. The van der Waals surface area contributed by atoms with Gasteiger partial charge in [-0.3, -0.25) is 24.2 Å². The Kier molecular flexibility index (Phi) is 6.73. The molecule has 2 heterocycles. The second kappa shape index (κ2) is 8.83. The van der Waals surface area contributed by atoms with Gasteiger partial charge in [0.05, 0.1) is 5.56 Å². The molecule has 28 heavy (non-hydrogen) atoms. The fourth-order valence-corrected chi connectivity index (χ4v) is 2.93. The predicted octanol–water partition coefficient (Wildman–Crippen LogP) is -0.577. The Labute approximate surface area is 159 Å². The van der Waals surface area contributed by atoms with E-state index in [9.17, 15) is 24.0 Å². The lowest BCUT2D eigenvalue weighted by Gasteiger charge is -2.23. The highest BCUT2D eigenvalue weighted by Crippen LogP contribution is 2.36. The molecule has 154 valence electrons. The molecule has 1 saturated heterocycles. The number of carbonyl (C=O) groups is 3. The van der Waals surface area contributed by atoms with E-state index in [1.54, 1.807) is 6.92 Å². The second-order valence-corrected chi connectivity index (χ2v) is 6.18. The molecule has 1 aliphatic heterocycles. The zero-order chi connectivity index (χ0) is 21.0. The molecule has 1 aromatic rings. The number of rotatable bonds is 6. The molecule has 0 spiro atoms. The third kappa shape index (κ3) is 4.85. The highest BCUT2D eigenvalue weighted by Gasteiger charge is 2.51. The minimum atomic E-state index is -1.18. The van der Waals surface area contributed by atoms with Crippen molar-refractivity contribution in [2.45, 2.75) is 58.7 Å². The van der Waals surface area contributed by atoms with E-state index in [2.05, 4.69) is 4.98 Å². The Hall–Kier alpha value is -2.95. The first-order valence-corrected chi connectivity index (χ1v) is 8.61. The number of aromatic amines is 1. The summed E-state index contributed by atoms with van der Waals surface area (Å²) < 4.78 is 22.4. The monoisotopic (exact) mass is 398 g/mol. The Balaban J connectivity index is 2.49. The van der Waals surface area contributed by atoms with Gasteiger partial charge in [0.2, 0.25) is 0 Å². The summed E-state index contributed by atoms with van der Waals surface area (Å²) in [5, 5.41) is 0. The number of aromatic nitrogens is 2. The number of aryl methyl sites for hydroxylation is 1.